The van der Waals surface area contributed by atoms with E-state index in [-0.39, 0.29) is 0 Å². The Labute approximate surface area is 83.1 Å². The summed E-state index contributed by atoms with van der Waals surface area (Å²) in [4.78, 5) is 4.37. The van der Waals surface area contributed by atoms with Gasteiger partial charge in [0, 0.05) is 18.7 Å². The molecule has 0 bridgehead atoms. The third kappa shape index (κ3) is 1.58. The Morgan fingerprint density at radius 2 is 2.21 bits per heavy atom. The van der Waals surface area contributed by atoms with Gasteiger partial charge in [0.05, 0.1) is 0 Å². The zero-order valence-electron chi connectivity index (χ0n) is 8.50. The fraction of sp³-hybridized carbons (Fsp3) is 0.364. The molecule has 0 spiro atoms. The fourth-order valence-corrected chi connectivity index (χ4v) is 1.44. The van der Waals surface area contributed by atoms with Gasteiger partial charge < -0.3 is 9.73 Å². The molecular weight excluding hydrogens is 176 g/mol. The number of aryl methyl sites for hydroxylation is 1. The summed E-state index contributed by atoms with van der Waals surface area (Å²) in [7, 11) is 0. The van der Waals surface area contributed by atoms with Gasteiger partial charge in [0.25, 0.3) is 0 Å². The number of hydrogen-bond acceptors (Lipinski definition) is 3. The lowest BCUT2D eigenvalue weighted by molar-refractivity contribution is 0.538. The maximum atomic E-state index is 5.51. The fourth-order valence-electron chi connectivity index (χ4n) is 1.44. The van der Waals surface area contributed by atoms with Crippen LogP contribution in [0.25, 0.3) is 11.1 Å². The van der Waals surface area contributed by atoms with Gasteiger partial charge in [-0.2, -0.15) is 0 Å². The van der Waals surface area contributed by atoms with Gasteiger partial charge in [-0.3, -0.25) is 0 Å². The number of aromatic nitrogens is 1. The molecule has 3 nitrogen and oxygen atoms in total. The van der Waals surface area contributed by atoms with Crippen molar-refractivity contribution >= 4 is 16.8 Å². The monoisotopic (exact) mass is 190 g/mol. The van der Waals surface area contributed by atoms with Gasteiger partial charge >= 0.3 is 0 Å². The standard InChI is InChI=1S/C11H14N2O/c1-3-11-13-9-7-8(12-4-2)5-6-10(9)14-11/h5-7,12H,3-4H2,1-2H3. The summed E-state index contributed by atoms with van der Waals surface area (Å²) in [5, 5.41) is 3.25. The largest absolute Gasteiger partial charge is 0.441 e. The molecule has 0 aliphatic carbocycles. The zero-order valence-corrected chi connectivity index (χ0v) is 8.50. The minimum Gasteiger partial charge on any atom is -0.441 e. The third-order valence-corrected chi connectivity index (χ3v) is 2.12. The Kier molecular flexibility index (Phi) is 2.39. The van der Waals surface area contributed by atoms with E-state index in [9.17, 15) is 0 Å². The van der Waals surface area contributed by atoms with Crippen molar-refractivity contribution in [2.45, 2.75) is 20.3 Å². The predicted octanol–water partition coefficient (Wildman–Crippen LogP) is 2.82. The van der Waals surface area contributed by atoms with Crippen molar-refractivity contribution in [3.63, 3.8) is 0 Å². The quantitative estimate of drug-likeness (QED) is 0.808. The summed E-state index contributed by atoms with van der Waals surface area (Å²) in [6.07, 6.45) is 0.839. The molecule has 0 aliphatic rings. The van der Waals surface area contributed by atoms with Crippen LogP contribution >= 0.6 is 0 Å². The van der Waals surface area contributed by atoms with Crippen molar-refractivity contribution in [1.82, 2.24) is 4.98 Å². The van der Waals surface area contributed by atoms with Crippen molar-refractivity contribution in [3.8, 4) is 0 Å². The first-order chi connectivity index (χ1) is 6.83. The lowest BCUT2D eigenvalue weighted by Crippen LogP contribution is -1.95. The average Bonchev–Trinajstić information content (AvgIpc) is 2.60. The SMILES string of the molecule is CCNc1ccc2oc(CC)nc2c1. The summed E-state index contributed by atoms with van der Waals surface area (Å²) in [5.74, 6) is 0.800. The normalized spacial score (nSPS) is 10.7. The van der Waals surface area contributed by atoms with Gasteiger partial charge in [-0.15, -0.1) is 0 Å². The van der Waals surface area contributed by atoms with E-state index >= 15 is 0 Å². The first-order valence-corrected chi connectivity index (χ1v) is 4.96. The predicted molar refractivity (Wildman–Crippen MR) is 57.6 cm³/mol. The van der Waals surface area contributed by atoms with E-state index in [1.54, 1.807) is 0 Å². The highest BCUT2D eigenvalue weighted by atomic mass is 16.3. The van der Waals surface area contributed by atoms with Crippen LogP contribution in [0, 0.1) is 0 Å². The van der Waals surface area contributed by atoms with E-state index in [2.05, 4.69) is 17.2 Å². The maximum absolute atomic E-state index is 5.51. The highest BCUT2D eigenvalue weighted by Crippen LogP contribution is 2.19. The molecular formula is C11H14N2O. The van der Waals surface area contributed by atoms with Crippen LogP contribution in [0.1, 0.15) is 19.7 Å². The molecule has 74 valence electrons. The van der Waals surface area contributed by atoms with Gasteiger partial charge in [-0.1, -0.05) is 6.92 Å². The van der Waals surface area contributed by atoms with Gasteiger partial charge in [0.15, 0.2) is 11.5 Å². The number of hydrogen-bond donors (Lipinski definition) is 1. The molecule has 0 unspecified atom stereocenters. The Morgan fingerprint density at radius 3 is 2.93 bits per heavy atom. The summed E-state index contributed by atoms with van der Waals surface area (Å²) < 4.78 is 5.51. The first kappa shape index (κ1) is 9.06. The van der Waals surface area contributed by atoms with E-state index < -0.39 is 0 Å². The molecule has 14 heavy (non-hydrogen) atoms. The van der Waals surface area contributed by atoms with Gasteiger partial charge in [-0.05, 0) is 25.1 Å². The number of nitrogens with zero attached hydrogens (tertiary/aromatic N) is 1. The molecule has 0 aliphatic heterocycles. The van der Waals surface area contributed by atoms with Crippen LogP contribution in [0.15, 0.2) is 22.6 Å². The summed E-state index contributed by atoms with van der Waals surface area (Å²) in [6, 6.07) is 5.98. The Morgan fingerprint density at radius 1 is 1.36 bits per heavy atom. The van der Waals surface area contributed by atoms with Crippen molar-refractivity contribution in [2.24, 2.45) is 0 Å². The minimum atomic E-state index is 0.800. The first-order valence-electron chi connectivity index (χ1n) is 4.96. The molecule has 1 aromatic carbocycles. The van der Waals surface area contributed by atoms with Crippen molar-refractivity contribution in [2.75, 3.05) is 11.9 Å². The molecule has 0 fully saturated rings. The Bertz CT molecular complexity index is 434. The topological polar surface area (TPSA) is 38.1 Å². The number of anilines is 1. The van der Waals surface area contributed by atoms with Crippen LogP contribution in [0.4, 0.5) is 5.69 Å². The van der Waals surface area contributed by atoms with Crippen LogP contribution in [-0.2, 0) is 6.42 Å². The molecule has 1 aromatic heterocycles. The Balaban J connectivity index is 2.43. The lowest BCUT2D eigenvalue weighted by atomic mass is 10.3. The number of benzene rings is 1. The van der Waals surface area contributed by atoms with E-state index in [0.29, 0.717) is 0 Å². The summed E-state index contributed by atoms with van der Waals surface area (Å²) >= 11 is 0. The van der Waals surface area contributed by atoms with Crippen molar-refractivity contribution in [3.05, 3.63) is 24.1 Å². The second kappa shape index (κ2) is 3.70. The molecule has 2 rings (SSSR count). The van der Waals surface area contributed by atoms with Crippen LogP contribution in [0.3, 0.4) is 0 Å². The third-order valence-electron chi connectivity index (χ3n) is 2.12. The molecule has 3 heteroatoms. The van der Waals surface area contributed by atoms with Crippen LogP contribution < -0.4 is 5.32 Å². The lowest BCUT2D eigenvalue weighted by Gasteiger charge is -2.00. The van der Waals surface area contributed by atoms with E-state index in [0.717, 1.165) is 35.6 Å². The molecule has 1 N–H and O–H groups in total. The molecule has 0 amide bonds. The molecule has 0 saturated carbocycles. The van der Waals surface area contributed by atoms with E-state index in [4.69, 9.17) is 4.42 Å². The summed E-state index contributed by atoms with van der Waals surface area (Å²) in [5.41, 5.74) is 2.89. The number of fused-ring (bicyclic) bond motifs is 1. The highest BCUT2D eigenvalue weighted by Gasteiger charge is 2.03. The Hall–Kier alpha value is -1.51. The minimum absolute atomic E-state index is 0.800. The van der Waals surface area contributed by atoms with Gasteiger partial charge in [0.2, 0.25) is 0 Å². The van der Waals surface area contributed by atoms with Gasteiger partial charge in [-0.25, -0.2) is 4.98 Å². The molecule has 0 radical (unpaired) electrons. The maximum Gasteiger partial charge on any atom is 0.195 e. The smallest absolute Gasteiger partial charge is 0.195 e. The van der Waals surface area contributed by atoms with Gasteiger partial charge in [0.1, 0.15) is 5.52 Å². The average molecular weight is 190 g/mol. The van der Waals surface area contributed by atoms with Crippen LogP contribution in [-0.4, -0.2) is 11.5 Å². The van der Waals surface area contributed by atoms with Crippen molar-refractivity contribution in [1.29, 1.82) is 0 Å². The number of oxazole rings is 1. The van der Waals surface area contributed by atoms with E-state index in [1.165, 1.54) is 0 Å². The van der Waals surface area contributed by atoms with Crippen LogP contribution in [0.5, 0.6) is 0 Å². The zero-order chi connectivity index (χ0) is 9.97. The molecule has 0 atom stereocenters. The number of nitrogens with one attached hydrogen (secondary N) is 1. The second-order valence-electron chi connectivity index (χ2n) is 3.17. The van der Waals surface area contributed by atoms with Crippen LogP contribution in [0.2, 0.25) is 0 Å². The molecule has 2 aromatic rings. The van der Waals surface area contributed by atoms with Crippen molar-refractivity contribution < 1.29 is 4.42 Å². The summed E-state index contributed by atoms with van der Waals surface area (Å²) in [6.45, 7) is 5.03. The van der Waals surface area contributed by atoms with E-state index in [1.807, 2.05) is 25.1 Å². The highest BCUT2D eigenvalue weighted by molar-refractivity contribution is 5.77. The molecule has 1 heterocycles. The second-order valence-corrected chi connectivity index (χ2v) is 3.17. The molecule has 0 saturated heterocycles. The number of rotatable bonds is 3.